The van der Waals surface area contributed by atoms with Crippen molar-refractivity contribution >= 4 is 65.4 Å². The van der Waals surface area contributed by atoms with Crippen molar-refractivity contribution in [3.05, 3.63) is 237 Å². The quantitative estimate of drug-likeness (QED) is 0.159. The molecule has 0 fully saturated rings. The predicted octanol–water partition coefficient (Wildman–Crippen LogP) is 16.0. The van der Waals surface area contributed by atoms with Gasteiger partial charge < -0.3 is 13.7 Å². The minimum atomic E-state index is 1.14. The smallest absolute Gasteiger partial charge is 0.0541 e. The van der Waals surface area contributed by atoms with E-state index in [2.05, 4.69) is 250 Å². The van der Waals surface area contributed by atoms with Gasteiger partial charge >= 0.3 is 0 Å². The van der Waals surface area contributed by atoms with Crippen LogP contribution in [0.25, 0.3) is 116 Å². The number of nitrogens with zero attached hydrogens (tertiary/aromatic N) is 3. The Morgan fingerprint density at radius 3 is 0.841 bits per heavy atom. The molecule has 13 rings (SSSR count). The first-order chi connectivity index (χ1) is 31.2. The monoisotopic (exact) mass is 801 g/mol. The van der Waals surface area contributed by atoms with Crippen LogP contribution in [-0.4, -0.2) is 13.7 Å². The van der Waals surface area contributed by atoms with Crippen LogP contribution in [0.15, 0.2) is 237 Å². The molecule has 3 heteroatoms. The van der Waals surface area contributed by atoms with Crippen LogP contribution < -0.4 is 0 Å². The Balaban J connectivity index is 1.00. The fourth-order valence-electron chi connectivity index (χ4n) is 10.1. The molecule has 63 heavy (non-hydrogen) atoms. The average molecular weight is 802 g/mol. The Labute approximate surface area is 364 Å². The van der Waals surface area contributed by atoms with Gasteiger partial charge in [-0.15, -0.1) is 0 Å². The summed E-state index contributed by atoms with van der Waals surface area (Å²) < 4.78 is 7.19. The molecule has 0 N–H and O–H groups in total. The summed E-state index contributed by atoms with van der Waals surface area (Å²) in [7, 11) is 0. The molecule has 0 amide bonds. The lowest BCUT2D eigenvalue weighted by Crippen LogP contribution is -1.94. The van der Waals surface area contributed by atoms with Gasteiger partial charge in [0.05, 0.1) is 33.1 Å². The molecule has 13 aromatic rings. The maximum Gasteiger partial charge on any atom is 0.0541 e. The lowest BCUT2D eigenvalue weighted by atomic mass is 9.98. The van der Waals surface area contributed by atoms with Gasteiger partial charge in [0.1, 0.15) is 0 Å². The zero-order valence-electron chi connectivity index (χ0n) is 34.4. The fraction of sp³-hybridized carbons (Fsp3) is 0. The van der Waals surface area contributed by atoms with Crippen molar-refractivity contribution in [2.75, 3.05) is 0 Å². The number of hydrogen-bond donors (Lipinski definition) is 0. The van der Waals surface area contributed by atoms with Crippen molar-refractivity contribution in [2.45, 2.75) is 0 Å². The first-order valence-electron chi connectivity index (χ1n) is 21.7. The maximum absolute atomic E-state index is 2.43. The van der Waals surface area contributed by atoms with Gasteiger partial charge in [0, 0.05) is 49.4 Å². The molecule has 0 atom stereocenters. The van der Waals surface area contributed by atoms with Crippen molar-refractivity contribution in [3.63, 3.8) is 0 Å². The molecule has 0 spiro atoms. The molecular formula is C60H39N3. The van der Waals surface area contributed by atoms with Gasteiger partial charge in [-0.2, -0.15) is 0 Å². The van der Waals surface area contributed by atoms with Gasteiger partial charge in [0.15, 0.2) is 0 Å². The van der Waals surface area contributed by atoms with Crippen LogP contribution in [0.5, 0.6) is 0 Å². The standard InChI is InChI=1S/C60H39N3/c1-4-14-40(15-5-1)41-24-30-48(31-25-41)63-59-34-28-44(42-26-32-57-51(36-42)49-20-10-12-22-55(49)61(57)46-16-6-2-7-17-46)38-53(59)54-39-45(29-35-60(54)63)43-27-33-58-52(37-43)50-21-11-13-23-56(50)62(58)47-18-8-3-9-19-47/h1-39H. The Bertz CT molecular complexity index is 3660. The summed E-state index contributed by atoms with van der Waals surface area (Å²) in [4.78, 5) is 0. The molecule has 0 saturated carbocycles. The molecule has 0 bridgehead atoms. The highest BCUT2D eigenvalue weighted by Crippen LogP contribution is 2.41. The van der Waals surface area contributed by atoms with E-state index in [1.54, 1.807) is 0 Å². The van der Waals surface area contributed by atoms with Gasteiger partial charge in [-0.25, -0.2) is 0 Å². The molecule has 0 unspecified atom stereocenters. The first-order valence-corrected chi connectivity index (χ1v) is 21.7. The molecule has 3 aromatic heterocycles. The summed E-state index contributed by atoms with van der Waals surface area (Å²) >= 11 is 0. The third-order valence-electron chi connectivity index (χ3n) is 13.0. The normalized spacial score (nSPS) is 11.8. The van der Waals surface area contributed by atoms with Crippen LogP contribution in [0.2, 0.25) is 0 Å². The Hall–Kier alpha value is -8.40. The zero-order valence-corrected chi connectivity index (χ0v) is 34.4. The SMILES string of the molecule is c1ccc(-c2ccc(-n3c4ccc(-c5ccc6c(c5)c5ccccc5n6-c5ccccc5)cc4c4cc(-c5ccc6c(c5)c5ccccc5n6-c5ccccc5)ccc43)cc2)cc1. The molecular weight excluding hydrogens is 763 g/mol. The third kappa shape index (κ3) is 5.60. The second-order valence-electron chi connectivity index (χ2n) is 16.6. The van der Waals surface area contributed by atoms with Gasteiger partial charge in [-0.3, -0.25) is 0 Å². The molecule has 0 radical (unpaired) electrons. The van der Waals surface area contributed by atoms with Crippen molar-refractivity contribution in [2.24, 2.45) is 0 Å². The van der Waals surface area contributed by atoms with Crippen LogP contribution in [0, 0.1) is 0 Å². The third-order valence-corrected chi connectivity index (χ3v) is 13.0. The minimum Gasteiger partial charge on any atom is -0.309 e. The number of benzene rings is 10. The number of fused-ring (bicyclic) bond motifs is 9. The van der Waals surface area contributed by atoms with E-state index in [-0.39, 0.29) is 0 Å². The molecule has 0 aliphatic rings. The Morgan fingerprint density at radius 1 is 0.175 bits per heavy atom. The topological polar surface area (TPSA) is 14.8 Å². The summed E-state index contributed by atoms with van der Waals surface area (Å²) in [6.07, 6.45) is 0. The minimum absolute atomic E-state index is 1.14. The van der Waals surface area contributed by atoms with Gasteiger partial charge in [0.25, 0.3) is 0 Å². The highest BCUT2D eigenvalue weighted by molar-refractivity contribution is 6.14. The summed E-state index contributed by atoms with van der Waals surface area (Å²) in [5.41, 5.74) is 17.9. The van der Waals surface area contributed by atoms with E-state index in [9.17, 15) is 0 Å². The number of rotatable bonds is 6. The van der Waals surface area contributed by atoms with Crippen molar-refractivity contribution in [1.29, 1.82) is 0 Å². The Kier molecular flexibility index (Phi) is 7.91. The molecule has 3 nitrogen and oxygen atoms in total. The van der Waals surface area contributed by atoms with E-state index < -0.39 is 0 Å². The molecule has 10 aromatic carbocycles. The van der Waals surface area contributed by atoms with E-state index in [1.165, 1.54) is 110 Å². The second-order valence-corrected chi connectivity index (χ2v) is 16.6. The summed E-state index contributed by atoms with van der Waals surface area (Å²) in [5, 5.41) is 7.46. The van der Waals surface area contributed by atoms with E-state index >= 15 is 0 Å². The predicted molar refractivity (Wildman–Crippen MR) is 266 cm³/mol. The molecule has 0 aliphatic carbocycles. The van der Waals surface area contributed by atoms with Crippen LogP contribution in [0.4, 0.5) is 0 Å². The second kappa shape index (κ2) is 14.1. The van der Waals surface area contributed by atoms with Crippen molar-refractivity contribution in [3.8, 4) is 50.4 Å². The van der Waals surface area contributed by atoms with Crippen LogP contribution >= 0.6 is 0 Å². The molecule has 3 heterocycles. The average Bonchev–Trinajstić information content (AvgIpc) is 3.99. The van der Waals surface area contributed by atoms with E-state index in [0.717, 1.165) is 5.69 Å². The summed E-state index contributed by atoms with van der Waals surface area (Å²) in [5.74, 6) is 0. The summed E-state index contributed by atoms with van der Waals surface area (Å²) in [6, 6.07) is 86.5. The van der Waals surface area contributed by atoms with E-state index in [4.69, 9.17) is 0 Å². The van der Waals surface area contributed by atoms with Gasteiger partial charge in [-0.1, -0.05) is 140 Å². The first kappa shape index (κ1) is 35.4. The number of hydrogen-bond acceptors (Lipinski definition) is 0. The highest BCUT2D eigenvalue weighted by Gasteiger charge is 2.18. The fourth-order valence-corrected chi connectivity index (χ4v) is 10.1. The molecule has 0 aliphatic heterocycles. The van der Waals surface area contributed by atoms with Crippen molar-refractivity contribution < 1.29 is 0 Å². The Morgan fingerprint density at radius 2 is 0.444 bits per heavy atom. The van der Waals surface area contributed by atoms with Crippen LogP contribution in [-0.2, 0) is 0 Å². The lowest BCUT2D eigenvalue weighted by Gasteiger charge is -2.11. The highest BCUT2D eigenvalue weighted by atomic mass is 15.0. The van der Waals surface area contributed by atoms with E-state index in [0.29, 0.717) is 0 Å². The van der Waals surface area contributed by atoms with Crippen LogP contribution in [0.1, 0.15) is 0 Å². The maximum atomic E-state index is 2.43. The van der Waals surface area contributed by atoms with Gasteiger partial charge in [-0.05, 0) is 130 Å². The van der Waals surface area contributed by atoms with E-state index in [1.807, 2.05) is 0 Å². The number of para-hydroxylation sites is 4. The van der Waals surface area contributed by atoms with Crippen LogP contribution in [0.3, 0.4) is 0 Å². The summed E-state index contributed by atoms with van der Waals surface area (Å²) in [6.45, 7) is 0. The molecule has 294 valence electrons. The van der Waals surface area contributed by atoms with Gasteiger partial charge in [0.2, 0.25) is 0 Å². The molecule has 0 saturated heterocycles. The zero-order chi connectivity index (χ0) is 41.4. The largest absolute Gasteiger partial charge is 0.309 e. The lowest BCUT2D eigenvalue weighted by molar-refractivity contribution is 1.18. The van der Waals surface area contributed by atoms with Crippen molar-refractivity contribution in [1.82, 2.24) is 13.7 Å². The number of aromatic nitrogens is 3.